The lowest BCUT2D eigenvalue weighted by molar-refractivity contribution is -0.137. The minimum absolute atomic E-state index is 0.0536. The first kappa shape index (κ1) is 16.9. The molecule has 6 nitrogen and oxygen atoms in total. The van der Waals surface area contributed by atoms with Gasteiger partial charge in [0.05, 0.1) is 19.6 Å². The molecular formula is C12H24N2O4. The molecule has 0 saturated heterocycles. The molecule has 0 atom stereocenters. The van der Waals surface area contributed by atoms with Crippen LogP contribution in [0.15, 0.2) is 0 Å². The summed E-state index contributed by atoms with van der Waals surface area (Å²) < 4.78 is 4.83. The zero-order chi connectivity index (χ0) is 14.0. The summed E-state index contributed by atoms with van der Waals surface area (Å²) >= 11 is 0. The van der Waals surface area contributed by atoms with Crippen molar-refractivity contribution < 1.29 is 19.4 Å². The second-order valence-electron chi connectivity index (χ2n) is 4.62. The molecule has 0 unspecified atom stereocenters. The Kier molecular flexibility index (Phi) is 9.22. The number of aliphatic carboxylic acids is 1. The molecule has 106 valence electrons. The van der Waals surface area contributed by atoms with Crippen LogP contribution in [0.3, 0.4) is 0 Å². The number of amides is 1. The summed E-state index contributed by atoms with van der Waals surface area (Å²) in [6.45, 7) is 6.37. The zero-order valence-electron chi connectivity index (χ0n) is 11.4. The van der Waals surface area contributed by atoms with Gasteiger partial charge >= 0.3 is 5.97 Å². The predicted molar refractivity (Wildman–Crippen MR) is 68.4 cm³/mol. The van der Waals surface area contributed by atoms with E-state index in [1.54, 1.807) is 7.11 Å². The van der Waals surface area contributed by atoms with Gasteiger partial charge in [-0.25, -0.2) is 0 Å². The molecular weight excluding hydrogens is 236 g/mol. The van der Waals surface area contributed by atoms with Gasteiger partial charge in [-0.05, 0) is 5.92 Å². The number of nitrogens with zero attached hydrogens (tertiary/aromatic N) is 1. The summed E-state index contributed by atoms with van der Waals surface area (Å²) in [5, 5.41) is 11.4. The minimum Gasteiger partial charge on any atom is -0.481 e. The van der Waals surface area contributed by atoms with Crippen molar-refractivity contribution in [3.63, 3.8) is 0 Å². The van der Waals surface area contributed by atoms with Gasteiger partial charge in [-0.1, -0.05) is 13.8 Å². The van der Waals surface area contributed by atoms with Gasteiger partial charge in [0.15, 0.2) is 0 Å². The number of rotatable bonds is 10. The van der Waals surface area contributed by atoms with Crippen LogP contribution in [0, 0.1) is 5.92 Å². The molecule has 2 N–H and O–H groups in total. The predicted octanol–water partition coefficient (Wildman–Crippen LogP) is 0.182. The molecule has 18 heavy (non-hydrogen) atoms. The van der Waals surface area contributed by atoms with Crippen molar-refractivity contribution in [1.29, 1.82) is 0 Å². The SMILES string of the molecule is COCCNC(=O)CN(CCC(=O)O)CC(C)C. The van der Waals surface area contributed by atoms with E-state index in [0.717, 1.165) is 0 Å². The third-order valence-electron chi connectivity index (χ3n) is 2.26. The highest BCUT2D eigenvalue weighted by molar-refractivity contribution is 5.78. The first-order valence-electron chi connectivity index (χ1n) is 6.15. The second-order valence-corrected chi connectivity index (χ2v) is 4.62. The van der Waals surface area contributed by atoms with Crippen molar-refractivity contribution in [2.75, 3.05) is 39.9 Å². The van der Waals surface area contributed by atoms with Crippen LogP contribution >= 0.6 is 0 Å². The second kappa shape index (κ2) is 9.85. The van der Waals surface area contributed by atoms with Crippen molar-refractivity contribution in [2.24, 2.45) is 5.92 Å². The summed E-state index contributed by atoms with van der Waals surface area (Å²) in [4.78, 5) is 24.0. The van der Waals surface area contributed by atoms with E-state index in [1.165, 1.54) is 0 Å². The molecule has 0 rings (SSSR count). The van der Waals surface area contributed by atoms with Crippen molar-refractivity contribution >= 4 is 11.9 Å². The van der Waals surface area contributed by atoms with E-state index in [2.05, 4.69) is 5.32 Å². The van der Waals surface area contributed by atoms with Gasteiger partial charge in [0.25, 0.3) is 0 Å². The smallest absolute Gasteiger partial charge is 0.304 e. The molecule has 1 amide bonds. The highest BCUT2D eigenvalue weighted by atomic mass is 16.5. The Morgan fingerprint density at radius 1 is 1.39 bits per heavy atom. The maximum absolute atomic E-state index is 11.6. The lowest BCUT2D eigenvalue weighted by Gasteiger charge is -2.22. The molecule has 0 aromatic heterocycles. The van der Waals surface area contributed by atoms with Crippen LogP contribution in [-0.4, -0.2) is 61.8 Å². The van der Waals surface area contributed by atoms with Crippen LogP contribution in [-0.2, 0) is 14.3 Å². The molecule has 0 saturated carbocycles. The van der Waals surface area contributed by atoms with Gasteiger partial charge in [0, 0.05) is 26.7 Å². The lowest BCUT2D eigenvalue weighted by atomic mass is 10.2. The number of carbonyl (C=O) groups is 2. The summed E-state index contributed by atoms with van der Waals surface area (Å²) in [7, 11) is 1.57. The normalized spacial score (nSPS) is 10.9. The number of hydrogen-bond acceptors (Lipinski definition) is 4. The van der Waals surface area contributed by atoms with Crippen molar-refractivity contribution in [3.8, 4) is 0 Å². The van der Waals surface area contributed by atoms with Crippen molar-refractivity contribution in [2.45, 2.75) is 20.3 Å². The molecule has 0 radical (unpaired) electrons. The molecule has 0 aliphatic carbocycles. The van der Waals surface area contributed by atoms with Crippen LogP contribution in [0.5, 0.6) is 0 Å². The van der Waals surface area contributed by atoms with E-state index in [1.807, 2.05) is 18.7 Å². The Morgan fingerprint density at radius 3 is 2.56 bits per heavy atom. The third kappa shape index (κ3) is 10.0. The van der Waals surface area contributed by atoms with Gasteiger partial charge in [0.1, 0.15) is 0 Å². The number of carbonyl (C=O) groups excluding carboxylic acids is 1. The lowest BCUT2D eigenvalue weighted by Crippen LogP contribution is -2.40. The Morgan fingerprint density at radius 2 is 2.06 bits per heavy atom. The Balaban J connectivity index is 4.04. The van der Waals surface area contributed by atoms with E-state index in [9.17, 15) is 9.59 Å². The van der Waals surface area contributed by atoms with E-state index in [0.29, 0.717) is 32.2 Å². The average molecular weight is 260 g/mol. The van der Waals surface area contributed by atoms with Gasteiger partial charge in [-0.15, -0.1) is 0 Å². The number of nitrogens with one attached hydrogen (secondary N) is 1. The number of methoxy groups -OCH3 is 1. The fraction of sp³-hybridized carbons (Fsp3) is 0.833. The van der Waals surface area contributed by atoms with Gasteiger partial charge < -0.3 is 15.2 Å². The highest BCUT2D eigenvalue weighted by Gasteiger charge is 2.13. The largest absolute Gasteiger partial charge is 0.481 e. The van der Waals surface area contributed by atoms with E-state index < -0.39 is 5.97 Å². The van der Waals surface area contributed by atoms with Crippen molar-refractivity contribution in [1.82, 2.24) is 10.2 Å². The van der Waals surface area contributed by atoms with Crippen LogP contribution in [0.1, 0.15) is 20.3 Å². The fourth-order valence-corrected chi connectivity index (χ4v) is 1.56. The van der Waals surface area contributed by atoms with Crippen molar-refractivity contribution in [3.05, 3.63) is 0 Å². The average Bonchev–Trinajstić information content (AvgIpc) is 2.25. The fourth-order valence-electron chi connectivity index (χ4n) is 1.56. The van der Waals surface area contributed by atoms with Gasteiger partial charge in [-0.3, -0.25) is 14.5 Å². The van der Waals surface area contributed by atoms with Crippen LogP contribution < -0.4 is 5.32 Å². The standard InChI is InChI=1S/C12H24N2O4/c1-10(2)8-14(6-4-12(16)17)9-11(15)13-5-7-18-3/h10H,4-9H2,1-3H3,(H,13,15)(H,16,17). The molecule has 0 aliphatic heterocycles. The van der Waals surface area contributed by atoms with Crippen LogP contribution in [0.25, 0.3) is 0 Å². The quantitative estimate of drug-likeness (QED) is 0.548. The molecule has 0 fully saturated rings. The molecule has 0 aromatic carbocycles. The molecule has 6 heteroatoms. The van der Waals surface area contributed by atoms with E-state index in [4.69, 9.17) is 9.84 Å². The Bertz CT molecular complexity index is 256. The zero-order valence-corrected chi connectivity index (χ0v) is 11.4. The maximum atomic E-state index is 11.6. The van der Waals surface area contributed by atoms with Gasteiger partial charge in [0.2, 0.25) is 5.91 Å². The summed E-state index contributed by atoms with van der Waals surface area (Å²) in [5.41, 5.74) is 0. The Hall–Kier alpha value is -1.14. The summed E-state index contributed by atoms with van der Waals surface area (Å²) in [6, 6.07) is 0. The molecule has 0 spiro atoms. The number of carboxylic acids is 1. The monoisotopic (exact) mass is 260 g/mol. The molecule has 0 aromatic rings. The van der Waals surface area contributed by atoms with Crippen LogP contribution in [0.2, 0.25) is 0 Å². The van der Waals surface area contributed by atoms with Crippen LogP contribution in [0.4, 0.5) is 0 Å². The first-order chi connectivity index (χ1) is 8.45. The summed E-state index contributed by atoms with van der Waals surface area (Å²) in [6.07, 6.45) is 0.0536. The first-order valence-corrected chi connectivity index (χ1v) is 6.15. The molecule has 0 bridgehead atoms. The Labute approximate surface area is 108 Å². The summed E-state index contributed by atoms with van der Waals surface area (Å²) in [5.74, 6) is -0.549. The number of ether oxygens (including phenoxy) is 1. The molecule has 0 aliphatic rings. The number of hydrogen-bond donors (Lipinski definition) is 2. The number of carboxylic acid groups (broad SMARTS) is 1. The maximum Gasteiger partial charge on any atom is 0.304 e. The van der Waals surface area contributed by atoms with E-state index >= 15 is 0 Å². The molecule has 0 heterocycles. The highest BCUT2D eigenvalue weighted by Crippen LogP contribution is 2.00. The topological polar surface area (TPSA) is 78.9 Å². The minimum atomic E-state index is -0.844. The van der Waals surface area contributed by atoms with Gasteiger partial charge in [-0.2, -0.15) is 0 Å². The van der Waals surface area contributed by atoms with E-state index in [-0.39, 0.29) is 18.9 Å². The third-order valence-corrected chi connectivity index (χ3v) is 2.26.